The first-order valence-corrected chi connectivity index (χ1v) is 8.67. The molecule has 2 aromatic rings. The van der Waals surface area contributed by atoms with Crippen molar-refractivity contribution in [3.05, 3.63) is 60.2 Å². The fourth-order valence-corrected chi connectivity index (χ4v) is 3.44. The maximum atomic E-state index is 9.01. The van der Waals surface area contributed by atoms with Crippen LogP contribution in [0.25, 0.3) is 11.1 Å². The Labute approximate surface area is 144 Å². The van der Waals surface area contributed by atoms with E-state index in [-0.39, 0.29) is 0 Å². The number of aliphatic imine (C=N–C) groups is 1. The first-order valence-electron chi connectivity index (χ1n) is 8.67. The summed E-state index contributed by atoms with van der Waals surface area (Å²) in [4.78, 5) is 6.40. The van der Waals surface area contributed by atoms with Gasteiger partial charge in [0.2, 0.25) is 6.19 Å². The number of amidine groups is 1. The van der Waals surface area contributed by atoms with Crippen LogP contribution in [0, 0.1) is 17.4 Å². The summed E-state index contributed by atoms with van der Waals surface area (Å²) in [5.41, 5.74) is 3.73. The Kier molecular flexibility index (Phi) is 5.28. The summed E-state index contributed by atoms with van der Waals surface area (Å²) in [5.74, 6) is 1.39. The molecule has 1 heterocycles. The molecule has 0 spiro atoms. The second-order valence-electron chi connectivity index (χ2n) is 6.30. The molecule has 1 unspecified atom stereocenters. The highest BCUT2D eigenvalue weighted by atomic mass is 15.2. The molecular weight excluding hydrogens is 294 g/mol. The van der Waals surface area contributed by atoms with Gasteiger partial charge < -0.3 is 4.90 Å². The lowest BCUT2D eigenvalue weighted by atomic mass is 9.93. The monoisotopic (exact) mass is 317 g/mol. The smallest absolute Gasteiger partial charge is 0.207 e. The summed E-state index contributed by atoms with van der Waals surface area (Å²) in [5, 5.41) is 9.01. The molecule has 0 N–H and O–H groups in total. The van der Waals surface area contributed by atoms with Crippen molar-refractivity contribution < 1.29 is 0 Å². The molecular formula is C21H23N3. The maximum absolute atomic E-state index is 9.01. The quantitative estimate of drug-likeness (QED) is 0.756. The predicted octanol–water partition coefficient (Wildman–Crippen LogP) is 4.86. The fourth-order valence-electron chi connectivity index (χ4n) is 3.44. The lowest BCUT2D eigenvalue weighted by Crippen LogP contribution is -2.40. The molecule has 1 aliphatic heterocycles. The molecule has 122 valence electrons. The summed E-state index contributed by atoms with van der Waals surface area (Å²) in [6.07, 6.45) is 5.35. The Bertz CT molecular complexity index is 726. The molecule has 3 nitrogen and oxygen atoms in total. The van der Waals surface area contributed by atoms with Crippen molar-refractivity contribution in [3.8, 4) is 17.3 Å². The Hall–Kier alpha value is -2.60. The van der Waals surface area contributed by atoms with Gasteiger partial charge in [-0.2, -0.15) is 10.3 Å². The van der Waals surface area contributed by atoms with Gasteiger partial charge in [-0.1, -0.05) is 61.5 Å². The van der Waals surface area contributed by atoms with Crippen LogP contribution in [0.4, 0.5) is 0 Å². The second kappa shape index (κ2) is 7.79. The van der Waals surface area contributed by atoms with E-state index in [2.05, 4.69) is 65.3 Å². The average molecular weight is 317 g/mol. The first kappa shape index (κ1) is 16.3. The Morgan fingerprint density at radius 1 is 1.08 bits per heavy atom. The molecule has 0 saturated carbocycles. The van der Waals surface area contributed by atoms with Crippen LogP contribution in [-0.4, -0.2) is 17.3 Å². The minimum absolute atomic E-state index is 0.419. The molecule has 0 radical (unpaired) electrons. The maximum Gasteiger partial charge on any atom is 0.207 e. The van der Waals surface area contributed by atoms with Crippen LogP contribution in [0.1, 0.15) is 31.7 Å². The Morgan fingerprint density at radius 2 is 1.79 bits per heavy atom. The van der Waals surface area contributed by atoms with E-state index in [1.54, 1.807) is 0 Å². The van der Waals surface area contributed by atoms with Gasteiger partial charge in [-0.25, -0.2) is 0 Å². The molecule has 0 amide bonds. The number of benzene rings is 2. The standard InChI is InChI=1S/C21H23N3/c1-2-18-9-6-14-24(21(18)23-16-22)15-17-10-12-20(13-11-17)19-7-4-3-5-8-19/h3-5,7-8,10-13,18H,2,6,9,14-15H2,1H3. The number of nitriles is 1. The molecule has 1 atom stereocenters. The zero-order valence-electron chi connectivity index (χ0n) is 14.2. The molecule has 1 saturated heterocycles. The number of piperidine rings is 1. The van der Waals surface area contributed by atoms with Crippen LogP contribution in [0.15, 0.2) is 59.6 Å². The van der Waals surface area contributed by atoms with Crippen LogP contribution in [0.2, 0.25) is 0 Å². The van der Waals surface area contributed by atoms with Gasteiger partial charge in [0.15, 0.2) is 0 Å². The van der Waals surface area contributed by atoms with Crippen molar-refractivity contribution in [2.45, 2.75) is 32.7 Å². The molecule has 0 aliphatic carbocycles. The molecule has 1 aliphatic rings. The van der Waals surface area contributed by atoms with Gasteiger partial charge >= 0.3 is 0 Å². The fraction of sp³-hybridized carbons (Fsp3) is 0.333. The number of hydrogen-bond donors (Lipinski definition) is 0. The van der Waals surface area contributed by atoms with Gasteiger partial charge in [0, 0.05) is 19.0 Å². The molecule has 0 bridgehead atoms. The van der Waals surface area contributed by atoms with Gasteiger partial charge in [0.25, 0.3) is 0 Å². The zero-order chi connectivity index (χ0) is 16.8. The summed E-state index contributed by atoms with van der Waals surface area (Å²) in [7, 11) is 0. The third-order valence-electron chi connectivity index (χ3n) is 4.76. The highest BCUT2D eigenvalue weighted by molar-refractivity contribution is 5.86. The van der Waals surface area contributed by atoms with E-state index in [9.17, 15) is 0 Å². The van der Waals surface area contributed by atoms with E-state index in [4.69, 9.17) is 5.26 Å². The van der Waals surface area contributed by atoms with Crippen molar-refractivity contribution in [3.63, 3.8) is 0 Å². The summed E-state index contributed by atoms with van der Waals surface area (Å²) < 4.78 is 0. The van der Waals surface area contributed by atoms with E-state index in [1.807, 2.05) is 12.3 Å². The van der Waals surface area contributed by atoms with Crippen molar-refractivity contribution in [1.29, 1.82) is 5.26 Å². The van der Waals surface area contributed by atoms with Crippen molar-refractivity contribution in [1.82, 2.24) is 4.90 Å². The van der Waals surface area contributed by atoms with Crippen LogP contribution >= 0.6 is 0 Å². The molecule has 3 rings (SSSR count). The second-order valence-corrected chi connectivity index (χ2v) is 6.30. The first-order chi connectivity index (χ1) is 11.8. The third-order valence-corrected chi connectivity index (χ3v) is 4.76. The largest absolute Gasteiger partial charge is 0.355 e. The van der Waals surface area contributed by atoms with E-state index in [0.717, 1.165) is 31.8 Å². The predicted molar refractivity (Wildman–Crippen MR) is 98.4 cm³/mol. The lowest BCUT2D eigenvalue weighted by Gasteiger charge is -2.35. The van der Waals surface area contributed by atoms with Crippen LogP contribution in [0.3, 0.4) is 0 Å². The van der Waals surface area contributed by atoms with Crippen molar-refractivity contribution in [2.24, 2.45) is 10.9 Å². The highest BCUT2D eigenvalue weighted by Gasteiger charge is 2.25. The SMILES string of the molecule is CCC1CCCN(Cc2ccc(-c3ccccc3)cc2)C1=NC#N. The lowest BCUT2D eigenvalue weighted by molar-refractivity contribution is 0.320. The summed E-state index contributed by atoms with van der Waals surface area (Å²) in [6.45, 7) is 3.99. The Morgan fingerprint density at radius 3 is 2.46 bits per heavy atom. The van der Waals surface area contributed by atoms with Crippen LogP contribution < -0.4 is 0 Å². The third kappa shape index (κ3) is 3.65. The molecule has 24 heavy (non-hydrogen) atoms. The summed E-state index contributed by atoms with van der Waals surface area (Å²) >= 11 is 0. The van der Waals surface area contributed by atoms with Gasteiger partial charge in [0.05, 0.1) is 0 Å². The molecule has 0 aromatic heterocycles. The van der Waals surface area contributed by atoms with Crippen LogP contribution in [-0.2, 0) is 6.54 Å². The van der Waals surface area contributed by atoms with E-state index < -0.39 is 0 Å². The number of rotatable bonds is 4. The van der Waals surface area contributed by atoms with Gasteiger partial charge in [-0.05, 0) is 36.0 Å². The molecule has 3 heteroatoms. The number of likely N-dealkylation sites (tertiary alicyclic amines) is 1. The average Bonchev–Trinajstić information content (AvgIpc) is 2.64. The molecule has 2 aromatic carbocycles. The van der Waals surface area contributed by atoms with Crippen molar-refractivity contribution >= 4 is 5.84 Å². The van der Waals surface area contributed by atoms with Crippen molar-refractivity contribution in [2.75, 3.05) is 6.54 Å². The Balaban J connectivity index is 1.75. The van der Waals surface area contributed by atoms with Crippen LogP contribution in [0.5, 0.6) is 0 Å². The minimum atomic E-state index is 0.419. The van der Waals surface area contributed by atoms with Gasteiger partial charge in [-0.15, -0.1) is 0 Å². The van der Waals surface area contributed by atoms with Gasteiger partial charge in [-0.3, -0.25) is 0 Å². The number of nitrogens with zero attached hydrogens (tertiary/aromatic N) is 3. The van der Waals surface area contributed by atoms with E-state index >= 15 is 0 Å². The zero-order valence-corrected chi connectivity index (χ0v) is 14.2. The van der Waals surface area contributed by atoms with E-state index in [0.29, 0.717) is 5.92 Å². The molecule has 1 fully saturated rings. The normalized spacial score (nSPS) is 19.2. The number of hydrogen-bond acceptors (Lipinski definition) is 2. The summed E-state index contributed by atoms with van der Waals surface area (Å²) in [6, 6.07) is 19.1. The highest BCUT2D eigenvalue weighted by Crippen LogP contribution is 2.25. The minimum Gasteiger partial charge on any atom is -0.355 e. The van der Waals surface area contributed by atoms with E-state index in [1.165, 1.54) is 23.1 Å². The van der Waals surface area contributed by atoms with Gasteiger partial charge in [0.1, 0.15) is 5.84 Å². The topological polar surface area (TPSA) is 39.4 Å².